The summed E-state index contributed by atoms with van der Waals surface area (Å²) in [6.45, 7) is 0. The first-order chi connectivity index (χ1) is 16.8. The fourth-order valence-electron chi connectivity index (χ4n) is 3.79. The molecule has 3 aromatic carbocycles. The van der Waals surface area contributed by atoms with Gasteiger partial charge in [0.25, 0.3) is 0 Å². The standard InChI is InChI=1S/C24H19F6NO5/c1-34-20-11-3-2-6-15(20)14-22(31-21(32)33,16-7-4-9-18(12-16)35-23(25,26)27)17-8-5-10-19(13-17)36-24(28,29)30/h2-13,31H,14H2,1H3,(H,32,33). The molecule has 0 spiro atoms. The van der Waals surface area contributed by atoms with Gasteiger partial charge in [-0.2, -0.15) is 0 Å². The van der Waals surface area contributed by atoms with Gasteiger partial charge in [-0.15, -0.1) is 26.3 Å². The van der Waals surface area contributed by atoms with Crippen LogP contribution in [0.25, 0.3) is 0 Å². The summed E-state index contributed by atoms with van der Waals surface area (Å²) in [5, 5.41) is 12.0. The van der Waals surface area contributed by atoms with Crippen molar-refractivity contribution in [2.24, 2.45) is 0 Å². The van der Waals surface area contributed by atoms with Crippen LogP contribution >= 0.6 is 0 Å². The minimum Gasteiger partial charge on any atom is -0.496 e. The second-order valence-corrected chi connectivity index (χ2v) is 7.48. The molecule has 3 aromatic rings. The van der Waals surface area contributed by atoms with Crippen molar-refractivity contribution in [1.29, 1.82) is 0 Å². The van der Waals surface area contributed by atoms with Gasteiger partial charge >= 0.3 is 18.8 Å². The van der Waals surface area contributed by atoms with E-state index in [9.17, 15) is 36.2 Å². The van der Waals surface area contributed by atoms with Gasteiger partial charge in [0.1, 0.15) is 17.2 Å². The van der Waals surface area contributed by atoms with Crippen LogP contribution in [0.3, 0.4) is 0 Å². The number of rotatable bonds is 8. The second kappa shape index (κ2) is 10.3. The van der Waals surface area contributed by atoms with Crippen molar-refractivity contribution < 1.29 is 50.5 Å². The van der Waals surface area contributed by atoms with Gasteiger partial charge < -0.3 is 24.6 Å². The lowest BCUT2D eigenvalue weighted by Gasteiger charge is -2.36. The zero-order valence-corrected chi connectivity index (χ0v) is 18.5. The van der Waals surface area contributed by atoms with Crippen LogP contribution in [0.5, 0.6) is 17.2 Å². The number of hydrogen-bond acceptors (Lipinski definition) is 4. The Bertz CT molecular complexity index is 1150. The summed E-state index contributed by atoms with van der Waals surface area (Å²) in [6.07, 6.45) is -11.9. The minimum atomic E-state index is -5.04. The van der Waals surface area contributed by atoms with Gasteiger partial charge in [-0.1, -0.05) is 42.5 Å². The quantitative estimate of drug-likeness (QED) is 0.347. The molecule has 0 saturated heterocycles. The van der Waals surface area contributed by atoms with Crippen LogP contribution in [0.4, 0.5) is 31.1 Å². The van der Waals surface area contributed by atoms with Crippen molar-refractivity contribution in [3.05, 3.63) is 89.5 Å². The maximum atomic E-state index is 12.9. The third-order valence-electron chi connectivity index (χ3n) is 5.09. The molecule has 0 bridgehead atoms. The number of carboxylic acid groups (broad SMARTS) is 1. The summed E-state index contributed by atoms with van der Waals surface area (Å²) >= 11 is 0. The summed E-state index contributed by atoms with van der Waals surface area (Å²) in [5.74, 6) is -0.988. The Morgan fingerprint density at radius 1 is 0.806 bits per heavy atom. The van der Waals surface area contributed by atoms with E-state index in [1.54, 1.807) is 24.3 Å². The van der Waals surface area contributed by atoms with E-state index in [4.69, 9.17) is 4.74 Å². The number of ether oxygens (including phenoxy) is 3. The van der Waals surface area contributed by atoms with Crippen molar-refractivity contribution >= 4 is 6.09 Å². The Labute approximate surface area is 201 Å². The first kappa shape index (κ1) is 26.5. The Morgan fingerprint density at radius 2 is 1.31 bits per heavy atom. The summed E-state index contributed by atoms with van der Waals surface area (Å²) in [6, 6.07) is 15.4. The fourth-order valence-corrected chi connectivity index (χ4v) is 3.79. The maximum absolute atomic E-state index is 12.9. The molecule has 2 N–H and O–H groups in total. The number of halogens is 6. The van der Waals surface area contributed by atoms with Gasteiger partial charge in [0, 0.05) is 6.42 Å². The summed E-state index contributed by atoms with van der Waals surface area (Å²) in [5.41, 5.74) is -1.56. The Morgan fingerprint density at radius 3 is 1.75 bits per heavy atom. The van der Waals surface area contributed by atoms with Crippen LogP contribution in [-0.4, -0.2) is 31.0 Å². The van der Waals surface area contributed by atoms with Crippen LogP contribution < -0.4 is 19.5 Å². The highest BCUT2D eigenvalue weighted by Crippen LogP contribution is 2.39. The van der Waals surface area contributed by atoms with E-state index in [1.165, 1.54) is 31.4 Å². The Balaban J connectivity index is 2.28. The lowest BCUT2D eigenvalue weighted by Crippen LogP contribution is -2.48. The molecule has 0 unspecified atom stereocenters. The zero-order chi connectivity index (χ0) is 26.6. The van der Waals surface area contributed by atoms with Gasteiger partial charge in [0.2, 0.25) is 0 Å². The number of para-hydroxylation sites is 1. The predicted octanol–water partition coefficient (Wildman–Crippen LogP) is 6.25. The minimum absolute atomic E-state index is 0.0401. The van der Waals surface area contributed by atoms with E-state index in [-0.39, 0.29) is 17.5 Å². The lowest BCUT2D eigenvalue weighted by atomic mass is 9.77. The molecule has 0 aliphatic rings. The molecule has 3 rings (SSSR count). The topological polar surface area (TPSA) is 77.0 Å². The molecule has 0 aliphatic heterocycles. The van der Waals surface area contributed by atoms with E-state index >= 15 is 0 Å². The van der Waals surface area contributed by atoms with Crippen LogP contribution in [0.15, 0.2) is 72.8 Å². The number of benzene rings is 3. The molecule has 192 valence electrons. The Kier molecular flexibility index (Phi) is 7.56. The largest absolute Gasteiger partial charge is 0.573 e. The van der Waals surface area contributed by atoms with E-state index < -0.39 is 35.9 Å². The fraction of sp³-hybridized carbons (Fsp3) is 0.208. The molecule has 0 radical (unpaired) electrons. The first-order valence-electron chi connectivity index (χ1n) is 10.2. The smallest absolute Gasteiger partial charge is 0.496 e. The molecular weight excluding hydrogens is 496 g/mol. The third kappa shape index (κ3) is 6.74. The van der Waals surface area contributed by atoms with Crippen LogP contribution in [0.1, 0.15) is 16.7 Å². The number of alkyl halides is 6. The first-order valence-corrected chi connectivity index (χ1v) is 10.2. The molecule has 6 nitrogen and oxygen atoms in total. The highest BCUT2D eigenvalue weighted by atomic mass is 19.4. The molecule has 36 heavy (non-hydrogen) atoms. The normalized spacial score (nSPS) is 12.1. The molecule has 0 aliphatic carbocycles. The van der Waals surface area contributed by atoms with Crippen LogP contribution in [0, 0.1) is 0 Å². The Hall–Kier alpha value is -4.09. The highest BCUT2D eigenvalue weighted by Gasteiger charge is 2.40. The number of amides is 1. The van der Waals surface area contributed by atoms with Crippen molar-refractivity contribution in [3.8, 4) is 17.2 Å². The molecule has 0 heterocycles. The average molecular weight is 515 g/mol. The van der Waals surface area contributed by atoms with Crippen molar-refractivity contribution in [2.75, 3.05) is 7.11 Å². The van der Waals surface area contributed by atoms with Gasteiger partial charge in [0.15, 0.2) is 0 Å². The van der Waals surface area contributed by atoms with E-state index in [0.717, 1.165) is 24.3 Å². The SMILES string of the molecule is COc1ccccc1CC(NC(=O)O)(c1cccc(OC(F)(F)F)c1)c1cccc(OC(F)(F)F)c1. The average Bonchev–Trinajstić information content (AvgIpc) is 2.76. The number of methoxy groups -OCH3 is 1. The van der Waals surface area contributed by atoms with Crippen LogP contribution in [-0.2, 0) is 12.0 Å². The third-order valence-corrected chi connectivity index (χ3v) is 5.09. The number of carbonyl (C=O) groups is 1. The van der Waals surface area contributed by atoms with Crippen molar-refractivity contribution in [2.45, 2.75) is 24.7 Å². The van der Waals surface area contributed by atoms with E-state index in [1.807, 2.05) is 0 Å². The van der Waals surface area contributed by atoms with E-state index in [2.05, 4.69) is 14.8 Å². The zero-order valence-electron chi connectivity index (χ0n) is 18.5. The number of hydrogen-bond donors (Lipinski definition) is 2. The van der Waals surface area contributed by atoms with Gasteiger partial charge in [-0.3, -0.25) is 0 Å². The van der Waals surface area contributed by atoms with E-state index in [0.29, 0.717) is 11.3 Å². The predicted molar refractivity (Wildman–Crippen MR) is 115 cm³/mol. The van der Waals surface area contributed by atoms with Gasteiger partial charge in [-0.25, -0.2) is 4.79 Å². The van der Waals surface area contributed by atoms with Crippen molar-refractivity contribution in [1.82, 2.24) is 5.32 Å². The summed E-state index contributed by atoms with van der Waals surface area (Å²) < 4.78 is 90.6. The molecule has 0 aromatic heterocycles. The maximum Gasteiger partial charge on any atom is 0.573 e. The number of nitrogens with one attached hydrogen (secondary N) is 1. The summed E-state index contributed by atoms with van der Waals surface area (Å²) in [4.78, 5) is 12.0. The molecule has 0 saturated carbocycles. The summed E-state index contributed by atoms with van der Waals surface area (Å²) in [7, 11) is 1.36. The molecule has 0 atom stereocenters. The molecule has 12 heteroatoms. The van der Waals surface area contributed by atoms with Crippen LogP contribution in [0.2, 0.25) is 0 Å². The monoisotopic (exact) mass is 515 g/mol. The molecule has 0 fully saturated rings. The lowest BCUT2D eigenvalue weighted by molar-refractivity contribution is -0.275. The van der Waals surface area contributed by atoms with Gasteiger partial charge in [0.05, 0.1) is 12.6 Å². The van der Waals surface area contributed by atoms with Gasteiger partial charge in [-0.05, 0) is 47.0 Å². The molecular formula is C24H19F6NO5. The second-order valence-electron chi connectivity index (χ2n) is 7.48. The van der Waals surface area contributed by atoms with Crippen molar-refractivity contribution in [3.63, 3.8) is 0 Å². The molecule has 1 amide bonds. The highest BCUT2D eigenvalue weighted by molar-refractivity contribution is 5.68.